The average molecular weight is 2010 g/mol. The summed E-state index contributed by atoms with van der Waals surface area (Å²) in [5.74, 6) is -0.182. The van der Waals surface area contributed by atoms with E-state index in [1.54, 1.807) is 24.4 Å². The number of para-hydroxylation sites is 6. The zero-order chi connectivity index (χ0) is 99.3. The van der Waals surface area contributed by atoms with Crippen molar-refractivity contribution in [3.8, 4) is 55.9 Å². The number of benzene rings is 19. The zero-order valence-electron chi connectivity index (χ0n) is 78.4. The van der Waals surface area contributed by atoms with Crippen LogP contribution in [0.15, 0.2) is 446 Å². The molecule has 6 heterocycles. The van der Waals surface area contributed by atoms with Crippen LogP contribution in [0.1, 0.15) is 38.1 Å². The van der Waals surface area contributed by atoms with E-state index >= 15 is 0 Å². The molecular weight excluding hydrogens is 1920 g/mol. The Morgan fingerprint density at radius 1 is 0.340 bits per heavy atom. The van der Waals surface area contributed by atoms with Crippen LogP contribution < -0.4 is 22.0 Å². The number of amides is 1. The molecule has 0 radical (unpaired) electrons. The highest BCUT2D eigenvalue weighted by Gasteiger charge is 2.52. The van der Waals surface area contributed by atoms with Gasteiger partial charge in [-0.3, -0.25) is 40.0 Å². The molecule has 19 aromatic carbocycles. The lowest BCUT2D eigenvalue weighted by molar-refractivity contribution is -0.384. The van der Waals surface area contributed by atoms with Crippen LogP contribution >= 0.6 is 31.9 Å². The van der Waals surface area contributed by atoms with Gasteiger partial charge in [-0.2, -0.15) is 0 Å². The molecule has 5 N–H and O–H groups in total. The highest BCUT2D eigenvalue weighted by atomic mass is 79.9. The number of hydrogen-bond donors (Lipinski definition) is 4. The van der Waals surface area contributed by atoms with Gasteiger partial charge < -0.3 is 30.4 Å². The Balaban J connectivity index is 0.000000109. The third kappa shape index (κ3) is 18.9. The predicted molar refractivity (Wildman–Crippen MR) is 598 cm³/mol. The molecule has 0 aliphatic carbocycles. The summed E-state index contributed by atoms with van der Waals surface area (Å²) in [4.78, 5) is 58.0. The summed E-state index contributed by atoms with van der Waals surface area (Å²) in [6.45, 7) is 8.32. The molecule has 1 aliphatic rings. The molecule has 144 heavy (non-hydrogen) atoms. The zero-order valence-corrected chi connectivity index (χ0v) is 81.6. The number of nitrogens with two attached hydrogens (primary N) is 1. The monoisotopic (exact) mass is 2000 g/mol. The Bertz CT molecular complexity index is 9090. The van der Waals surface area contributed by atoms with Crippen molar-refractivity contribution in [3.63, 3.8) is 0 Å². The molecule has 1 amide bonds. The normalized spacial score (nSPS) is 12.4. The molecule has 22 heteroatoms. The summed E-state index contributed by atoms with van der Waals surface area (Å²) in [6, 6.07) is 138. The van der Waals surface area contributed by atoms with Crippen molar-refractivity contribution < 1.29 is 34.0 Å². The standard InChI is InChI=1S/C32H27BN2O2.C26H17BrN2O.C26H15BrN2.C16H11NO2.C16H13N.C6H6BNO4/c1-31(2)32(3,4)37-33(36-31)26-18-17-25(29-22(26)13-9-19-34-29)30-24-16-15-20-10-5-6-11-21(20)28(24)23-12-7-8-14-27(23)35-30;27-23-15-14-22(25-21(23)12-6-16-28-25)26(30)29-24-13-4-3-10-20(24)19-11-5-8-17-7-1-2-9-18(17)19;27-22-14-13-21(25-18(22)9-5-15-28-25)26-20-12-11-16-6-1-2-7-17(16)24(20)19-8-3-4-10-23(19)29-26;18-17(19)16-11-4-3-9-15(16)14-10-5-7-12-6-1-2-8-13(12)14;17-16-11-4-3-9-15(16)14-10-5-7-12-6-1-2-8-13(12)14;9-7(10)5-3-1-2-4-6(5)8(11)12/h5-19H,1-4H3;1-16H,(H,29,30);1-15H;1-11H;1-11H,17H2;1-4,9-10H. The first-order valence-corrected chi connectivity index (χ1v) is 48.4. The summed E-state index contributed by atoms with van der Waals surface area (Å²) in [5.41, 5.74) is 22.5. The maximum atomic E-state index is 13.2. The van der Waals surface area contributed by atoms with Crippen molar-refractivity contribution in [1.29, 1.82) is 0 Å². The Kier molecular flexibility index (Phi) is 27.0. The second-order valence-electron chi connectivity index (χ2n) is 35.7. The Hall–Kier alpha value is -17.0. The number of fused-ring (bicyclic) bond motifs is 16. The van der Waals surface area contributed by atoms with E-state index in [-0.39, 0.29) is 27.7 Å². The van der Waals surface area contributed by atoms with Gasteiger partial charge in [0, 0.05) is 122 Å². The first-order valence-electron chi connectivity index (χ1n) is 46.9. The van der Waals surface area contributed by atoms with Gasteiger partial charge >= 0.3 is 14.2 Å². The van der Waals surface area contributed by atoms with Gasteiger partial charge in [0.15, 0.2) is 0 Å². The van der Waals surface area contributed by atoms with Gasteiger partial charge in [-0.25, -0.2) is 9.97 Å². The molecule has 25 rings (SSSR count). The molecule has 0 saturated carbocycles. The van der Waals surface area contributed by atoms with Crippen molar-refractivity contribution in [1.82, 2.24) is 24.9 Å². The topological polar surface area (TPSA) is 265 Å². The number of nitro groups is 2. The van der Waals surface area contributed by atoms with Crippen LogP contribution in [-0.4, -0.2) is 76.2 Å². The molecule has 5 aromatic heterocycles. The molecule has 0 spiro atoms. The second-order valence-corrected chi connectivity index (χ2v) is 37.4. The van der Waals surface area contributed by atoms with E-state index in [1.165, 1.54) is 89.8 Å². The number of nitrogen functional groups attached to an aromatic ring is 1. The van der Waals surface area contributed by atoms with Gasteiger partial charge in [-0.15, -0.1) is 0 Å². The van der Waals surface area contributed by atoms with Crippen molar-refractivity contribution >= 4 is 216 Å². The van der Waals surface area contributed by atoms with Gasteiger partial charge in [0.05, 0.1) is 76.6 Å². The maximum absolute atomic E-state index is 13.2. The van der Waals surface area contributed by atoms with Crippen molar-refractivity contribution in [3.05, 3.63) is 472 Å². The van der Waals surface area contributed by atoms with E-state index < -0.39 is 30.4 Å². The Morgan fingerprint density at radius 2 is 0.701 bits per heavy atom. The van der Waals surface area contributed by atoms with Crippen molar-refractivity contribution in [2.75, 3.05) is 11.1 Å². The van der Waals surface area contributed by atoms with E-state index in [0.29, 0.717) is 16.6 Å². The first kappa shape index (κ1) is 94.6. The quantitative estimate of drug-likeness (QED) is 0.0308. The van der Waals surface area contributed by atoms with Gasteiger partial charge in [0.1, 0.15) is 0 Å². The number of nitrogens with zero attached hydrogens (tertiary/aromatic N) is 7. The molecule has 0 bridgehead atoms. The first-order chi connectivity index (χ1) is 70.1. The highest BCUT2D eigenvalue weighted by molar-refractivity contribution is 9.11. The molecule has 1 fully saturated rings. The van der Waals surface area contributed by atoms with Crippen LogP contribution in [0.3, 0.4) is 0 Å². The lowest BCUT2D eigenvalue weighted by atomic mass is 9.76. The van der Waals surface area contributed by atoms with Crippen LogP contribution in [0.4, 0.5) is 22.7 Å². The predicted octanol–water partition coefficient (Wildman–Crippen LogP) is 29.4. The third-order valence-electron chi connectivity index (χ3n) is 26.6. The van der Waals surface area contributed by atoms with Gasteiger partial charge in [-0.05, 0) is 177 Å². The fourth-order valence-electron chi connectivity index (χ4n) is 18.9. The van der Waals surface area contributed by atoms with Crippen LogP contribution in [0.2, 0.25) is 0 Å². The highest BCUT2D eigenvalue weighted by Crippen LogP contribution is 2.46. The molecular formula is C122H89B2Br2N9O9. The van der Waals surface area contributed by atoms with E-state index in [4.69, 9.17) is 45.0 Å². The minimum absolute atomic E-state index is 0.0949. The molecule has 0 unspecified atom stereocenters. The number of pyridine rings is 5. The lowest BCUT2D eigenvalue weighted by Gasteiger charge is -2.32. The molecule has 696 valence electrons. The Labute approximate surface area is 846 Å². The number of aromatic nitrogens is 5. The number of nitro benzene ring substituents is 2. The maximum Gasteiger partial charge on any atom is 0.495 e. The molecule has 1 aliphatic heterocycles. The van der Waals surface area contributed by atoms with Crippen LogP contribution in [0.25, 0.3) is 186 Å². The molecule has 18 nitrogen and oxygen atoms in total. The fraction of sp³-hybridized carbons (Fsp3) is 0.0492. The van der Waals surface area contributed by atoms with Gasteiger partial charge in [0.2, 0.25) is 0 Å². The van der Waals surface area contributed by atoms with Gasteiger partial charge in [-0.1, -0.05) is 366 Å². The number of hydrogen-bond acceptors (Lipinski definition) is 15. The number of anilines is 2. The Morgan fingerprint density at radius 3 is 1.20 bits per heavy atom. The fourth-order valence-corrected chi connectivity index (χ4v) is 19.8. The summed E-state index contributed by atoms with van der Waals surface area (Å²) in [6.07, 6.45) is 5.39. The number of carbonyl (C=O) groups excluding carboxylic acids is 1. The largest absolute Gasteiger partial charge is 0.495 e. The van der Waals surface area contributed by atoms with E-state index in [9.17, 15) is 25.0 Å². The average Bonchev–Trinajstić information content (AvgIpc) is 0.933. The molecule has 24 aromatic rings. The van der Waals surface area contributed by atoms with Crippen molar-refractivity contribution in [2.45, 2.75) is 38.9 Å². The molecule has 1 saturated heterocycles. The summed E-state index contributed by atoms with van der Waals surface area (Å²) in [5, 5.41) is 63.9. The van der Waals surface area contributed by atoms with Gasteiger partial charge in [0.25, 0.3) is 17.3 Å². The van der Waals surface area contributed by atoms with E-state index in [2.05, 4.69) is 288 Å². The summed E-state index contributed by atoms with van der Waals surface area (Å²) < 4.78 is 14.8. The number of nitrogens with one attached hydrogen (secondary N) is 1. The van der Waals surface area contributed by atoms with Crippen LogP contribution in [-0.2, 0) is 9.31 Å². The summed E-state index contributed by atoms with van der Waals surface area (Å²) in [7, 11) is -2.26. The second kappa shape index (κ2) is 41.1. The summed E-state index contributed by atoms with van der Waals surface area (Å²) >= 11 is 7.21. The minimum atomic E-state index is -1.80. The number of halogens is 2. The van der Waals surface area contributed by atoms with E-state index in [0.717, 1.165) is 141 Å². The number of carbonyl (C=O) groups is 1. The van der Waals surface area contributed by atoms with E-state index in [1.807, 2.05) is 164 Å². The van der Waals surface area contributed by atoms with Crippen molar-refractivity contribution in [2.24, 2.45) is 0 Å². The van der Waals surface area contributed by atoms with Crippen LogP contribution in [0, 0.1) is 20.2 Å². The molecule has 0 atom stereocenters. The minimum Gasteiger partial charge on any atom is -0.423 e. The van der Waals surface area contributed by atoms with Crippen LogP contribution in [0.5, 0.6) is 0 Å². The smallest absolute Gasteiger partial charge is 0.423 e. The lowest BCUT2D eigenvalue weighted by Crippen LogP contribution is -2.41. The SMILES string of the molecule is Brc1ccc(-c2nc3ccccc3c3c2ccc2ccccc23)c2ncccc12.CC1(C)OB(c2ccc(-c3nc4ccccc4c4c3ccc3ccccc34)c3ncccc23)OC1(C)C.Nc1ccccc1-c1cccc2ccccc12.O=C(Nc1ccccc1-c1cccc2ccccc12)c1ccc(Br)c2cccnc12.O=[N+]([O-])c1ccccc1-c1cccc2ccccc12.O=[N+]([O-])c1ccccc1B(O)O. The third-order valence-corrected chi connectivity index (χ3v) is 27.9. The number of rotatable bonds is 11.